The summed E-state index contributed by atoms with van der Waals surface area (Å²) in [6, 6.07) is 18.2. The van der Waals surface area contributed by atoms with Gasteiger partial charge in [-0.25, -0.2) is 0 Å². The van der Waals surface area contributed by atoms with Gasteiger partial charge in [0.05, 0.1) is 7.11 Å². The highest BCUT2D eigenvalue weighted by atomic mass is 28.1. The van der Waals surface area contributed by atoms with Crippen molar-refractivity contribution >= 4 is 16.2 Å². The first kappa shape index (κ1) is 18.0. The molecule has 1 unspecified atom stereocenters. The molecule has 1 atom stereocenters. The molecule has 0 saturated heterocycles. The quantitative estimate of drug-likeness (QED) is 0.452. The standard InChI is InChI=1S/C21H21O2Si/c1-3-4-14-21(15-16-24,20(22)23-2)19-12-10-18(11-13-19)17-8-6-5-7-9-17/h5-13H,3-4,14H2,1-2H3. The monoisotopic (exact) mass is 333 g/mol. The van der Waals surface area contributed by atoms with E-state index in [1.54, 1.807) is 0 Å². The Kier molecular flexibility index (Phi) is 6.40. The predicted molar refractivity (Wildman–Crippen MR) is 98.6 cm³/mol. The molecule has 0 aromatic heterocycles. The van der Waals surface area contributed by atoms with E-state index in [0.29, 0.717) is 6.42 Å². The van der Waals surface area contributed by atoms with Crippen molar-refractivity contribution in [1.29, 1.82) is 0 Å². The van der Waals surface area contributed by atoms with Gasteiger partial charge in [0.1, 0.15) is 10.2 Å². The predicted octanol–water partition coefficient (Wildman–Crippen LogP) is 4.08. The van der Waals surface area contributed by atoms with Crippen molar-refractivity contribution in [2.45, 2.75) is 31.6 Å². The highest BCUT2D eigenvalue weighted by molar-refractivity contribution is 6.22. The van der Waals surface area contributed by atoms with Gasteiger partial charge in [-0.3, -0.25) is 4.79 Å². The molecular formula is C21H21O2Si. The van der Waals surface area contributed by atoms with Crippen LogP contribution in [-0.2, 0) is 14.9 Å². The van der Waals surface area contributed by atoms with Gasteiger partial charge in [-0.1, -0.05) is 80.3 Å². The Bertz CT molecular complexity index is 726. The number of methoxy groups -OCH3 is 1. The lowest BCUT2D eigenvalue weighted by Crippen LogP contribution is -2.35. The number of hydrogen-bond donors (Lipinski definition) is 0. The van der Waals surface area contributed by atoms with Crippen molar-refractivity contribution in [3.8, 4) is 22.6 Å². The van der Waals surface area contributed by atoms with Crippen LogP contribution in [0.2, 0.25) is 0 Å². The van der Waals surface area contributed by atoms with Crippen LogP contribution < -0.4 is 0 Å². The summed E-state index contributed by atoms with van der Waals surface area (Å²) >= 11 is 0. The van der Waals surface area contributed by atoms with Gasteiger partial charge in [-0.15, -0.1) is 5.54 Å². The molecule has 0 fully saturated rings. The van der Waals surface area contributed by atoms with E-state index >= 15 is 0 Å². The van der Waals surface area contributed by atoms with Gasteiger partial charge in [0, 0.05) is 0 Å². The van der Waals surface area contributed by atoms with Gasteiger partial charge in [0.2, 0.25) is 0 Å². The topological polar surface area (TPSA) is 26.3 Å². The van der Waals surface area contributed by atoms with E-state index in [1.165, 1.54) is 7.11 Å². The van der Waals surface area contributed by atoms with E-state index in [9.17, 15) is 4.79 Å². The molecule has 0 aliphatic rings. The second-order valence-corrected chi connectivity index (χ2v) is 5.94. The van der Waals surface area contributed by atoms with Crippen LogP contribution in [0, 0.1) is 11.5 Å². The molecule has 0 saturated carbocycles. The fourth-order valence-corrected chi connectivity index (χ4v) is 3.06. The van der Waals surface area contributed by atoms with Crippen LogP contribution >= 0.6 is 0 Å². The summed E-state index contributed by atoms with van der Waals surface area (Å²) in [6.07, 6.45) is 2.53. The van der Waals surface area contributed by atoms with Gasteiger partial charge < -0.3 is 4.74 Å². The summed E-state index contributed by atoms with van der Waals surface area (Å²) in [5, 5.41) is 0. The number of ether oxygens (including phenoxy) is 1. The lowest BCUT2D eigenvalue weighted by atomic mass is 9.76. The fraction of sp³-hybridized carbons (Fsp3) is 0.286. The van der Waals surface area contributed by atoms with Crippen LogP contribution in [0.4, 0.5) is 0 Å². The number of carbonyl (C=O) groups is 1. The molecule has 0 heterocycles. The molecule has 2 aromatic rings. The molecule has 0 amide bonds. The average Bonchev–Trinajstić information content (AvgIpc) is 2.65. The molecule has 2 nitrogen and oxygen atoms in total. The zero-order chi connectivity index (χ0) is 17.4. The van der Waals surface area contributed by atoms with Crippen molar-refractivity contribution in [2.75, 3.05) is 7.11 Å². The Morgan fingerprint density at radius 1 is 1.08 bits per heavy atom. The zero-order valence-electron chi connectivity index (χ0n) is 14.1. The van der Waals surface area contributed by atoms with Crippen LogP contribution in [0.15, 0.2) is 54.6 Å². The Balaban J connectivity index is 2.45. The molecule has 2 aromatic carbocycles. The Morgan fingerprint density at radius 3 is 2.25 bits per heavy atom. The molecule has 0 aliphatic heterocycles. The van der Waals surface area contributed by atoms with Crippen molar-refractivity contribution in [1.82, 2.24) is 0 Å². The van der Waals surface area contributed by atoms with Crippen molar-refractivity contribution < 1.29 is 9.53 Å². The fourth-order valence-electron chi connectivity index (χ4n) is 2.85. The smallest absolute Gasteiger partial charge is 0.328 e. The zero-order valence-corrected chi connectivity index (χ0v) is 15.1. The molecule has 0 N–H and O–H groups in total. The van der Waals surface area contributed by atoms with E-state index < -0.39 is 5.41 Å². The maximum absolute atomic E-state index is 12.5. The molecular weight excluding hydrogens is 312 g/mol. The van der Waals surface area contributed by atoms with E-state index in [4.69, 9.17) is 4.74 Å². The minimum atomic E-state index is -0.929. The van der Waals surface area contributed by atoms with Crippen LogP contribution in [0.3, 0.4) is 0 Å². The Morgan fingerprint density at radius 2 is 1.71 bits per heavy atom. The summed E-state index contributed by atoms with van der Waals surface area (Å²) in [5.41, 5.74) is 4.93. The number of unbranched alkanes of at least 4 members (excludes halogenated alkanes) is 1. The molecule has 0 bridgehead atoms. The largest absolute Gasteiger partial charge is 0.468 e. The van der Waals surface area contributed by atoms with Gasteiger partial charge in [-0.2, -0.15) is 0 Å². The Labute approximate surface area is 147 Å². The maximum Gasteiger partial charge on any atom is 0.328 e. The molecule has 121 valence electrons. The average molecular weight is 333 g/mol. The second-order valence-electron chi connectivity index (χ2n) is 5.69. The minimum absolute atomic E-state index is 0.311. The van der Waals surface area contributed by atoms with E-state index in [1.807, 2.05) is 42.5 Å². The Hall–Kier alpha value is -2.31. The number of hydrogen-bond acceptors (Lipinski definition) is 2. The first-order valence-electron chi connectivity index (χ1n) is 8.11. The first-order chi connectivity index (χ1) is 11.7. The molecule has 2 rings (SSSR count). The number of benzene rings is 2. The normalized spacial score (nSPS) is 12.6. The molecule has 3 radical (unpaired) electrons. The van der Waals surface area contributed by atoms with Crippen LogP contribution in [0.1, 0.15) is 31.7 Å². The number of rotatable bonds is 6. The SMILES string of the molecule is CCCCC(C#C[Si])(C(=O)OC)c1ccc(-c2ccccc2)cc1. The van der Waals surface area contributed by atoms with Crippen molar-refractivity contribution in [3.63, 3.8) is 0 Å². The number of esters is 1. The summed E-state index contributed by atoms with van der Waals surface area (Å²) in [7, 11) is 4.62. The summed E-state index contributed by atoms with van der Waals surface area (Å²) in [4.78, 5) is 12.5. The highest BCUT2D eigenvalue weighted by Crippen LogP contribution is 2.33. The summed E-state index contributed by atoms with van der Waals surface area (Å²) in [6.45, 7) is 2.10. The van der Waals surface area contributed by atoms with Crippen LogP contribution in [0.25, 0.3) is 11.1 Å². The maximum atomic E-state index is 12.5. The van der Waals surface area contributed by atoms with Gasteiger partial charge >= 0.3 is 5.97 Å². The molecule has 0 aliphatic carbocycles. The summed E-state index contributed by atoms with van der Waals surface area (Å²) < 4.78 is 5.07. The van der Waals surface area contributed by atoms with Crippen LogP contribution in [0.5, 0.6) is 0 Å². The lowest BCUT2D eigenvalue weighted by molar-refractivity contribution is -0.145. The van der Waals surface area contributed by atoms with Gasteiger partial charge in [-0.05, 0) is 23.1 Å². The van der Waals surface area contributed by atoms with Crippen molar-refractivity contribution in [3.05, 3.63) is 60.2 Å². The third-order valence-corrected chi connectivity index (χ3v) is 4.32. The van der Waals surface area contributed by atoms with Crippen LogP contribution in [-0.4, -0.2) is 23.3 Å². The summed E-state index contributed by atoms with van der Waals surface area (Å²) in [5.74, 6) is 2.74. The number of carbonyl (C=O) groups excluding carboxylic acids is 1. The van der Waals surface area contributed by atoms with E-state index in [-0.39, 0.29) is 5.97 Å². The lowest BCUT2D eigenvalue weighted by Gasteiger charge is -2.26. The highest BCUT2D eigenvalue weighted by Gasteiger charge is 2.39. The third kappa shape index (κ3) is 3.77. The molecule has 24 heavy (non-hydrogen) atoms. The minimum Gasteiger partial charge on any atom is -0.468 e. The second kappa shape index (κ2) is 8.51. The van der Waals surface area contributed by atoms with Gasteiger partial charge in [0.15, 0.2) is 5.41 Å². The van der Waals surface area contributed by atoms with E-state index in [2.05, 4.69) is 40.8 Å². The van der Waals surface area contributed by atoms with Crippen molar-refractivity contribution in [2.24, 2.45) is 0 Å². The van der Waals surface area contributed by atoms with Gasteiger partial charge in [0.25, 0.3) is 0 Å². The first-order valence-corrected chi connectivity index (χ1v) is 8.61. The third-order valence-electron chi connectivity index (χ3n) is 4.20. The molecule has 3 heteroatoms. The van der Waals surface area contributed by atoms with E-state index in [0.717, 1.165) is 29.5 Å². The molecule has 0 spiro atoms.